The van der Waals surface area contributed by atoms with Gasteiger partial charge in [0, 0.05) is 17.6 Å². The standard InChI is InChI=1S/C18H16N2O2S/c1-13-12-15-6-2-3-9-16(15)20(13)23(21,22)17-10-4-7-14-8-5-11-19-18(14)17/h2-11,13H,12H2,1H3. The molecule has 4 rings (SSSR count). The number of pyridine rings is 1. The average Bonchev–Trinajstić information content (AvgIpc) is 2.90. The predicted molar refractivity (Wildman–Crippen MR) is 91.0 cm³/mol. The van der Waals surface area contributed by atoms with Crippen molar-refractivity contribution in [1.82, 2.24) is 4.98 Å². The summed E-state index contributed by atoms with van der Waals surface area (Å²) in [4.78, 5) is 4.56. The number of rotatable bonds is 2. The van der Waals surface area contributed by atoms with Crippen LogP contribution in [0.5, 0.6) is 0 Å². The van der Waals surface area contributed by atoms with Crippen molar-refractivity contribution in [2.45, 2.75) is 24.3 Å². The lowest BCUT2D eigenvalue weighted by atomic mass is 10.1. The number of para-hydroxylation sites is 2. The van der Waals surface area contributed by atoms with Crippen LogP contribution in [0.15, 0.2) is 65.7 Å². The zero-order valence-corrected chi connectivity index (χ0v) is 13.5. The maximum absolute atomic E-state index is 13.3. The normalized spacial score (nSPS) is 17.4. The fraction of sp³-hybridized carbons (Fsp3) is 0.167. The third-order valence-corrected chi connectivity index (χ3v) is 6.24. The molecule has 116 valence electrons. The maximum Gasteiger partial charge on any atom is 0.266 e. The summed E-state index contributed by atoms with van der Waals surface area (Å²) in [6, 6.07) is 16.6. The van der Waals surface area contributed by atoms with Crippen LogP contribution in [0, 0.1) is 0 Å². The lowest BCUT2D eigenvalue weighted by Crippen LogP contribution is -2.35. The largest absolute Gasteiger partial charge is 0.266 e. The van der Waals surface area contributed by atoms with Crippen LogP contribution < -0.4 is 4.31 Å². The van der Waals surface area contributed by atoms with Crippen LogP contribution in [0.2, 0.25) is 0 Å². The zero-order chi connectivity index (χ0) is 16.0. The number of anilines is 1. The molecule has 1 atom stereocenters. The third kappa shape index (κ3) is 2.11. The number of hydrogen-bond acceptors (Lipinski definition) is 3. The quantitative estimate of drug-likeness (QED) is 0.726. The molecule has 1 aliphatic heterocycles. The molecule has 0 N–H and O–H groups in total. The summed E-state index contributed by atoms with van der Waals surface area (Å²) in [6.45, 7) is 1.94. The Balaban J connectivity index is 1.94. The molecule has 4 nitrogen and oxygen atoms in total. The Morgan fingerprint density at radius 3 is 2.70 bits per heavy atom. The molecule has 0 radical (unpaired) electrons. The highest BCUT2D eigenvalue weighted by Crippen LogP contribution is 2.37. The first-order valence-corrected chi connectivity index (χ1v) is 8.99. The Morgan fingerprint density at radius 2 is 1.83 bits per heavy atom. The molecular formula is C18H16N2O2S. The van der Waals surface area contributed by atoms with E-state index in [0.29, 0.717) is 5.52 Å². The number of nitrogens with zero attached hydrogens (tertiary/aromatic N) is 2. The van der Waals surface area contributed by atoms with E-state index in [1.807, 2.05) is 49.4 Å². The molecule has 3 aromatic rings. The average molecular weight is 324 g/mol. The van der Waals surface area contributed by atoms with Gasteiger partial charge in [-0.1, -0.05) is 36.4 Å². The van der Waals surface area contributed by atoms with Gasteiger partial charge in [0.05, 0.1) is 11.2 Å². The van der Waals surface area contributed by atoms with E-state index in [-0.39, 0.29) is 10.9 Å². The summed E-state index contributed by atoms with van der Waals surface area (Å²) in [7, 11) is -3.66. The van der Waals surface area contributed by atoms with Crippen molar-refractivity contribution in [2.75, 3.05) is 4.31 Å². The van der Waals surface area contributed by atoms with Gasteiger partial charge < -0.3 is 0 Å². The molecule has 0 saturated carbocycles. The minimum absolute atomic E-state index is 0.101. The molecule has 0 bridgehead atoms. The monoisotopic (exact) mass is 324 g/mol. The van der Waals surface area contributed by atoms with Gasteiger partial charge in [0.2, 0.25) is 0 Å². The molecular weight excluding hydrogens is 308 g/mol. The molecule has 0 spiro atoms. The number of benzene rings is 2. The van der Waals surface area contributed by atoms with Crippen molar-refractivity contribution < 1.29 is 8.42 Å². The minimum atomic E-state index is -3.66. The smallest absolute Gasteiger partial charge is 0.263 e. The number of fused-ring (bicyclic) bond motifs is 2. The summed E-state index contributed by atoms with van der Waals surface area (Å²) in [5.74, 6) is 0. The third-order valence-electron chi connectivity index (χ3n) is 4.28. The fourth-order valence-electron chi connectivity index (χ4n) is 3.29. The lowest BCUT2D eigenvalue weighted by molar-refractivity contribution is 0.585. The van der Waals surface area contributed by atoms with Crippen LogP contribution >= 0.6 is 0 Å². The van der Waals surface area contributed by atoms with E-state index >= 15 is 0 Å². The Morgan fingerprint density at radius 1 is 1.04 bits per heavy atom. The Labute approximate surface area is 135 Å². The summed E-state index contributed by atoms with van der Waals surface area (Å²) in [5.41, 5.74) is 2.36. The minimum Gasteiger partial charge on any atom is -0.263 e. The van der Waals surface area contributed by atoms with Crippen molar-refractivity contribution in [3.8, 4) is 0 Å². The van der Waals surface area contributed by atoms with E-state index in [0.717, 1.165) is 23.1 Å². The van der Waals surface area contributed by atoms with Crippen molar-refractivity contribution in [2.24, 2.45) is 0 Å². The lowest BCUT2D eigenvalue weighted by Gasteiger charge is -2.24. The van der Waals surface area contributed by atoms with Crippen LogP contribution in [-0.2, 0) is 16.4 Å². The van der Waals surface area contributed by atoms with Gasteiger partial charge in [-0.25, -0.2) is 8.42 Å². The summed E-state index contributed by atoms with van der Waals surface area (Å²) >= 11 is 0. The molecule has 1 aromatic heterocycles. The van der Waals surface area contributed by atoms with E-state index in [1.165, 1.54) is 4.31 Å². The first-order valence-electron chi connectivity index (χ1n) is 7.55. The van der Waals surface area contributed by atoms with Crippen LogP contribution in [0.3, 0.4) is 0 Å². The topological polar surface area (TPSA) is 50.3 Å². The zero-order valence-electron chi connectivity index (χ0n) is 12.7. The molecule has 2 heterocycles. The number of hydrogen-bond donors (Lipinski definition) is 0. The predicted octanol–water partition coefficient (Wildman–Crippen LogP) is 3.37. The summed E-state index contributed by atoms with van der Waals surface area (Å²) in [6.07, 6.45) is 2.36. The number of sulfonamides is 1. The molecule has 0 saturated heterocycles. The second-order valence-electron chi connectivity index (χ2n) is 5.81. The Bertz CT molecular complexity index is 993. The fourth-order valence-corrected chi connectivity index (χ4v) is 5.16. The van der Waals surface area contributed by atoms with Gasteiger partial charge in [0.25, 0.3) is 10.0 Å². The van der Waals surface area contributed by atoms with Crippen molar-refractivity contribution in [3.05, 3.63) is 66.4 Å². The van der Waals surface area contributed by atoms with Gasteiger partial charge >= 0.3 is 0 Å². The van der Waals surface area contributed by atoms with E-state index in [9.17, 15) is 8.42 Å². The maximum atomic E-state index is 13.3. The molecule has 0 aliphatic carbocycles. The summed E-state index contributed by atoms with van der Waals surface area (Å²) < 4.78 is 28.1. The van der Waals surface area contributed by atoms with Crippen LogP contribution in [-0.4, -0.2) is 19.4 Å². The van der Waals surface area contributed by atoms with E-state index in [4.69, 9.17) is 0 Å². The van der Waals surface area contributed by atoms with E-state index in [1.54, 1.807) is 18.3 Å². The van der Waals surface area contributed by atoms with Crippen molar-refractivity contribution in [1.29, 1.82) is 0 Å². The van der Waals surface area contributed by atoms with Gasteiger partial charge in [-0.05, 0) is 37.1 Å². The molecule has 1 aliphatic rings. The highest BCUT2D eigenvalue weighted by Gasteiger charge is 2.36. The van der Waals surface area contributed by atoms with Crippen LogP contribution in [0.1, 0.15) is 12.5 Å². The van der Waals surface area contributed by atoms with Gasteiger partial charge in [-0.2, -0.15) is 0 Å². The van der Waals surface area contributed by atoms with Crippen molar-refractivity contribution >= 4 is 26.6 Å². The Kier molecular flexibility index (Phi) is 3.13. The first-order chi connectivity index (χ1) is 11.1. The van der Waals surface area contributed by atoms with Gasteiger partial charge in [-0.15, -0.1) is 0 Å². The van der Waals surface area contributed by atoms with Crippen LogP contribution in [0.4, 0.5) is 5.69 Å². The highest BCUT2D eigenvalue weighted by atomic mass is 32.2. The van der Waals surface area contributed by atoms with Crippen LogP contribution in [0.25, 0.3) is 10.9 Å². The molecule has 2 aromatic carbocycles. The molecule has 23 heavy (non-hydrogen) atoms. The van der Waals surface area contributed by atoms with Crippen molar-refractivity contribution in [3.63, 3.8) is 0 Å². The summed E-state index contributed by atoms with van der Waals surface area (Å²) in [5, 5.41) is 0.828. The number of aromatic nitrogens is 1. The van der Waals surface area contributed by atoms with Gasteiger partial charge in [-0.3, -0.25) is 9.29 Å². The second-order valence-corrected chi connectivity index (χ2v) is 7.60. The molecule has 1 unspecified atom stereocenters. The molecule has 0 amide bonds. The van der Waals surface area contributed by atoms with Gasteiger partial charge in [0.1, 0.15) is 4.90 Å². The SMILES string of the molecule is CC1Cc2ccccc2N1S(=O)(=O)c1cccc2cccnc12. The first kappa shape index (κ1) is 14.2. The highest BCUT2D eigenvalue weighted by molar-refractivity contribution is 7.93. The molecule has 0 fully saturated rings. The Hall–Kier alpha value is -2.40. The second kappa shape index (κ2) is 5.06. The van der Waals surface area contributed by atoms with E-state index in [2.05, 4.69) is 4.98 Å². The van der Waals surface area contributed by atoms with Gasteiger partial charge in [0.15, 0.2) is 0 Å². The molecule has 5 heteroatoms. The van der Waals surface area contributed by atoms with E-state index < -0.39 is 10.0 Å².